The Morgan fingerprint density at radius 2 is 2.18 bits per heavy atom. The summed E-state index contributed by atoms with van der Waals surface area (Å²) in [5.74, 6) is 0.110. The Bertz CT molecular complexity index is 599. The zero-order valence-corrected chi connectivity index (χ0v) is 10.8. The second-order valence-electron chi connectivity index (χ2n) is 4.84. The van der Waals surface area contributed by atoms with Crippen LogP contribution >= 0.6 is 0 Å². The maximum atomic E-state index is 12.0. The summed E-state index contributed by atoms with van der Waals surface area (Å²) >= 11 is 0. The van der Waals surface area contributed by atoms with E-state index in [0.29, 0.717) is 18.5 Å². The minimum Gasteiger partial charge on any atom is -0.393 e. The SMILES string of the molecule is CCc1[nH]n(C2(C)CCS(=O)(=O)C2)c(=O)c1N. The van der Waals surface area contributed by atoms with Gasteiger partial charge >= 0.3 is 0 Å². The molecule has 0 aliphatic carbocycles. The summed E-state index contributed by atoms with van der Waals surface area (Å²) in [6, 6.07) is 0. The predicted octanol–water partition coefficient (Wildman–Crippen LogP) is -0.145. The van der Waals surface area contributed by atoms with Crippen molar-refractivity contribution in [3.05, 3.63) is 16.0 Å². The Kier molecular flexibility index (Phi) is 2.61. The van der Waals surface area contributed by atoms with Gasteiger partial charge in [0.05, 0.1) is 22.7 Å². The monoisotopic (exact) mass is 259 g/mol. The van der Waals surface area contributed by atoms with Crippen molar-refractivity contribution in [2.24, 2.45) is 0 Å². The molecule has 0 aromatic carbocycles. The van der Waals surface area contributed by atoms with Gasteiger partial charge in [-0.25, -0.2) is 13.1 Å². The molecule has 1 aromatic heterocycles. The van der Waals surface area contributed by atoms with Gasteiger partial charge in [-0.3, -0.25) is 9.89 Å². The van der Waals surface area contributed by atoms with Gasteiger partial charge in [0, 0.05) is 0 Å². The number of rotatable bonds is 2. The molecule has 1 saturated heterocycles. The van der Waals surface area contributed by atoms with Crippen molar-refractivity contribution < 1.29 is 8.42 Å². The molecule has 0 amide bonds. The highest BCUT2D eigenvalue weighted by molar-refractivity contribution is 7.91. The number of nitrogens with one attached hydrogen (secondary N) is 1. The van der Waals surface area contributed by atoms with Gasteiger partial charge in [-0.1, -0.05) is 6.92 Å². The highest BCUT2D eigenvalue weighted by Crippen LogP contribution is 2.29. The number of aryl methyl sites for hydroxylation is 1. The number of nitrogens with zero attached hydrogens (tertiary/aromatic N) is 1. The number of anilines is 1. The standard InChI is InChI=1S/C10H17N3O3S/c1-3-7-8(11)9(14)13(12-7)10(2)4-5-17(15,16)6-10/h12H,3-6,11H2,1-2H3. The number of H-pyrrole nitrogens is 1. The van der Waals surface area contributed by atoms with Gasteiger partial charge in [0.15, 0.2) is 9.84 Å². The van der Waals surface area contributed by atoms with E-state index in [1.54, 1.807) is 6.92 Å². The molecule has 1 atom stereocenters. The van der Waals surface area contributed by atoms with Crippen LogP contribution in [0.5, 0.6) is 0 Å². The van der Waals surface area contributed by atoms with Crippen LogP contribution in [0.3, 0.4) is 0 Å². The van der Waals surface area contributed by atoms with Crippen molar-refractivity contribution in [2.45, 2.75) is 32.2 Å². The van der Waals surface area contributed by atoms with E-state index in [1.807, 2.05) is 6.92 Å². The molecule has 1 aliphatic rings. The van der Waals surface area contributed by atoms with Crippen LogP contribution in [0.2, 0.25) is 0 Å². The molecule has 96 valence electrons. The first-order valence-electron chi connectivity index (χ1n) is 5.59. The lowest BCUT2D eigenvalue weighted by Gasteiger charge is -2.22. The van der Waals surface area contributed by atoms with Gasteiger partial charge in [0.2, 0.25) is 0 Å². The van der Waals surface area contributed by atoms with Gasteiger partial charge in [-0.05, 0) is 19.8 Å². The maximum absolute atomic E-state index is 12.0. The molecule has 1 aliphatic heterocycles. The fourth-order valence-corrected chi connectivity index (χ4v) is 4.43. The Morgan fingerprint density at radius 1 is 1.53 bits per heavy atom. The first-order chi connectivity index (χ1) is 7.79. The fraction of sp³-hybridized carbons (Fsp3) is 0.700. The van der Waals surface area contributed by atoms with E-state index in [-0.39, 0.29) is 22.8 Å². The Balaban J connectivity index is 2.52. The van der Waals surface area contributed by atoms with E-state index >= 15 is 0 Å². The average Bonchev–Trinajstić information content (AvgIpc) is 2.68. The molecule has 0 bridgehead atoms. The largest absolute Gasteiger partial charge is 0.393 e. The predicted molar refractivity (Wildman–Crippen MR) is 65.8 cm³/mol. The van der Waals surface area contributed by atoms with E-state index in [2.05, 4.69) is 5.10 Å². The van der Waals surface area contributed by atoms with E-state index < -0.39 is 15.4 Å². The summed E-state index contributed by atoms with van der Waals surface area (Å²) in [5.41, 5.74) is 5.54. The van der Waals surface area contributed by atoms with Crippen LogP contribution in [0.15, 0.2) is 4.79 Å². The first-order valence-corrected chi connectivity index (χ1v) is 7.41. The molecule has 1 fully saturated rings. The van der Waals surface area contributed by atoms with Gasteiger partial charge < -0.3 is 5.73 Å². The minimum absolute atomic E-state index is 0.0109. The number of sulfone groups is 1. The number of nitrogens with two attached hydrogens (primary N) is 1. The summed E-state index contributed by atoms with van der Waals surface area (Å²) in [5, 5.41) is 2.93. The van der Waals surface area contributed by atoms with Crippen molar-refractivity contribution in [1.29, 1.82) is 0 Å². The van der Waals surface area contributed by atoms with Crippen LogP contribution < -0.4 is 11.3 Å². The number of hydrogen-bond acceptors (Lipinski definition) is 4. The topological polar surface area (TPSA) is 98.0 Å². The van der Waals surface area contributed by atoms with Crippen molar-refractivity contribution in [1.82, 2.24) is 9.78 Å². The Hall–Kier alpha value is -1.24. The van der Waals surface area contributed by atoms with Crippen molar-refractivity contribution in [3.63, 3.8) is 0 Å². The number of hydrogen-bond donors (Lipinski definition) is 2. The van der Waals surface area contributed by atoms with Crippen LogP contribution in [0, 0.1) is 0 Å². The first kappa shape index (κ1) is 12.2. The molecule has 0 saturated carbocycles. The lowest BCUT2D eigenvalue weighted by Crippen LogP contribution is -2.39. The second kappa shape index (κ2) is 3.63. The smallest absolute Gasteiger partial charge is 0.290 e. The minimum atomic E-state index is -3.05. The summed E-state index contributed by atoms with van der Waals surface area (Å²) in [4.78, 5) is 12.0. The fourth-order valence-electron chi connectivity index (χ4n) is 2.31. The van der Waals surface area contributed by atoms with Gasteiger partial charge in [0.25, 0.3) is 5.56 Å². The van der Waals surface area contributed by atoms with Crippen LogP contribution in [0.25, 0.3) is 0 Å². The average molecular weight is 259 g/mol. The molecule has 17 heavy (non-hydrogen) atoms. The third-order valence-corrected chi connectivity index (χ3v) is 5.27. The van der Waals surface area contributed by atoms with Crippen molar-refractivity contribution in [3.8, 4) is 0 Å². The summed E-state index contributed by atoms with van der Waals surface area (Å²) in [6.45, 7) is 3.66. The molecule has 6 nitrogen and oxygen atoms in total. The number of aromatic nitrogens is 2. The van der Waals surface area contributed by atoms with Crippen LogP contribution in [-0.2, 0) is 21.8 Å². The molecular formula is C10H17N3O3S. The Labute approximate surface area is 99.7 Å². The second-order valence-corrected chi connectivity index (χ2v) is 7.02. The van der Waals surface area contributed by atoms with E-state index in [4.69, 9.17) is 5.73 Å². The molecule has 0 spiro atoms. The molecule has 2 heterocycles. The zero-order valence-electron chi connectivity index (χ0n) is 9.99. The Morgan fingerprint density at radius 3 is 2.59 bits per heavy atom. The molecule has 2 rings (SSSR count). The van der Waals surface area contributed by atoms with Gasteiger partial charge in [0.1, 0.15) is 5.69 Å². The lowest BCUT2D eigenvalue weighted by molar-refractivity contribution is 0.318. The summed E-state index contributed by atoms with van der Waals surface area (Å²) in [6.07, 6.45) is 1.06. The van der Waals surface area contributed by atoms with Crippen LogP contribution in [0.1, 0.15) is 26.0 Å². The highest BCUT2D eigenvalue weighted by Gasteiger charge is 2.41. The van der Waals surface area contributed by atoms with Crippen LogP contribution in [0.4, 0.5) is 5.69 Å². The quantitative estimate of drug-likeness (QED) is 0.772. The normalized spacial score (nSPS) is 27.4. The third-order valence-electron chi connectivity index (χ3n) is 3.38. The molecule has 7 heteroatoms. The number of aromatic amines is 1. The number of nitrogen functional groups attached to an aromatic ring is 1. The van der Waals surface area contributed by atoms with Crippen molar-refractivity contribution >= 4 is 15.5 Å². The van der Waals surface area contributed by atoms with E-state index in [1.165, 1.54) is 4.68 Å². The zero-order chi connectivity index (χ0) is 12.8. The summed E-state index contributed by atoms with van der Waals surface area (Å²) < 4.78 is 24.4. The van der Waals surface area contributed by atoms with Gasteiger partial charge in [-0.15, -0.1) is 0 Å². The third kappa shape index (κ3) is 1.88. The van der Waals surface area contributed by atoms with E-state index in [9.17, 15) is 13.2 Å². The maximum Gasteiger partial charge on any atom is 0.290 e. The molecule has 1 unspecified atom stereocenters. The van der Waals surface area contributed by atoms with Crippen molar-refractivity contribution in [2.75, 3.05) is 17.2 Å². The van der Waals surface area contributed by atoms with E-state index in [0.717, 1.165) is 0 Å². The molecule has 1 aromatic rings. The molecular weight excluding hydrogens is 242 g/mol. The van der Waals surface area contributed by atoms with Gasteiger partial charge in [-0.2, -0.15) is 0 Å². The van der Waals surface area contributed by atoms with Crippen LogP contribution in [-0.4, -0.2) is 29.7 Å². The lowest BCUT2D eigenvalue weighted by atomic mass is 10.0. The highest BCUT2D eigenvalue weighted by atomic mass is 32.2. The molecule has 0 radical (unpaired) electrons. The molecule has 3 N–H and O–H groups in total. The summed E-state index contributed by atoms with van der Waals surface area (Å²) in [7, 11) is -3.05.